The van der Waals surface area contributed by atoms with Gasteiger partial charge in [0.2, 0.25) is 0 Å². The highest BCUT2D eigenvalue weighted by atomic mass is 127. The van der Waals surface area contributed by atoms with Crippen LogP contribution in [0.5, 0.6) is 5.75 Å². The summed E-state index contributed by atoms with van der Waals surface area (Å²) in [5, 5.41) is 0. The molecular weight excluding hydrogens is 298 g/mol. The molecule has 0 aromatic heterocycles. The molecule has 0 unspecified atom stereocenters. The molecule has 0 saturated carbocycles. The van der Waals surface area contributed by atoms with Gasteiger partial charge in [0.15, 0.2) is 6.29 Å². The van der Waals surface area contributed by atoms with Crippen LogP contribution in [-0.4, -0.2) is 12.4 Å². The van der Waals surface area contributed by atoms with E-state index in [9.17, 15) is 9.18 Å². The first-order chi connectivity index (χ1) is 6.54. The van der Waals surface area contributed by atoms with Crippen molar-refractivity contribution in [1.29, 1.82) is 0 Å². The number of hydrogen-bond acceptors (Lipinski definition) is 2. The first-order valence-corrected chi connectivity index (χ1v) is 5.23. The average molecular weight is 308 g/mol. The summed E-state index contributed by atoms with van der Waals surface area (Å²) in [4.78, 5) is 10.7. The number of carbonyl (C=O) groups excluding carboxylic acids is 1. The summed E-state index contributed by atoms with van der Waals surface area (Å²) >= 11 is 1.94. The van der Waals surface area contributed by atoms with Crippen molar-refractivity contribution in [3.8, 4) is 5.75 Å². The van der Waals surface area contributed by atoms with Crippen molar-refractivity contribution in [2.75, 3.05) is 0 Å². The Morgan fingerprint density at radius 1 is 1.50 bits per heavy atom. The highest BCUT2D eigenvalue weighted by Gasteiger charge is 2.11. The molecule has 0 amide bonds. The van der Waals surface area contributed by atoms with Crippen LogP contribution in [0, 0.1) is 9.39 Å². The minimum atomic E-state index is -0.424. The van der Waals surface area contributed by atoms with Crippen LogP contribution in [0.25, 0.3) is 0 Å². The van der Waals surface area contributed by atoms with Crippen LogP contribution in [-0.2, 0) is 0 Å². The second-order valence-electron chi connectivity index (χ2n) is 3.09. The molecule has 0 fully saturated rings. The topological polar surface area (TPSA) is 26.3 Å². The molecule has 1 aromatic rings. The number of ether oxygens (including phenoxy) is 1. The zero-order chi connectivity index (χ0) is 10.7. The van der Waals surface area contributed by atoms with Crippen LogP contribution >= 0.6 is 22.6 Å². The zero-order valence-corrected chi connectivity index (χ0v) is 10.0. The van der Waals surface area contributed by atoms with Crippen LogP contribution in [0.1, 0.15) is 24.2 Å². The van der Waals surface area contributed by atoms with Gasteiger partial charge in [-0.15, -0.1) is 0 Å². The molecule has 4 heteroatoms. The molecule has 0 aliphatic carbocycles. The Labute approximate surface area is 95.6 Å². The van der Waals surface area contributed by atoms with E-state index in [-0.39, 0.29) is 11.7 Å². The molecule has 0 aliphatic rings. The summed E-state index contributed by atoms with van der Waals surface area (Å²) in [6.45, 7) is 3.71. The smallest absolute Gasteiger partial charge is 0.153 e. The number of benzene rings is 1. The van der Waals surface area contributed by atoms with Gasteiger partial charge in [0.05, 0.1) is 15.2 Å². The second-order valence-corrected chi connectivity index (χ2v) is 4.25. The number of carbonyl (C=O) groups is 1. The van der Waals surface area contributed by atoms with Crippen LogP contribution in [0.4, 0.5) is 4.39 Å². The highest BCUT2D eigenvalue weighted by Crippen LogP contribution is 2.26. The fourth-order valence-electron chi connectivity index (χ4n) is 1.03. The maximum atomic E-state index is 12.9. The summed E-state index contributed by atoms with van der Waals surface area (Å²) < 4.78 is 18.9. The van der Waals surface area contributed by atoms with E-state index in [4.69, 9.17) is 4.74 Å². The summed E-state index contributed by atoms with van der Waals surface area (Å²) in [7, 11) is 0. The Morgan fingerprint density at radius 3 is 2.64 bits per heavy atom. The van der Waals surface area contributed by atoms with Gasteiger partial charge in [-0.2, -0.15) is 0 Å². The molecule has 0 spiro atoms. The third kappa shape index (κ3) is 2.67. The first kappa shape index (κ1) is 11.4. The molecule has 0 heterocycles. The van der Waals surface area contributed by atoms with Crippen molar-refractivity contribution < 1.29 is 13.9 Å². The lowest BCUT2D eigenvalue weighted by molar-refractivity contribution is 0.111. The van der Waals surface area contributed by atoms with Crippen molar-refractivity contribution in [3.63, 3.8) is 0 Å². The third-order valence-corrected chi connectivity index (χ3v) is 2.32. The van der Waals surface area contributed by atoms with Gasteiger partial charge in [0.25, 0.3) is 0 Å². The molecule has 0 atom stereocenters. The lowest BCUT2D eigenvalue weighted by Crippen LogP contribution is -2.09. The lowest BCUT2D eigenvalue weighted by atomic mass is 10.2. The van der Waals surface area contributed by atoms with Crippen molar-refractivity contribution in [3.05, 3.63) is 27.1 Å². The van der Waals surface area contributed by atoms with E-state index in [1.807, 2.05) is 36.4 Å². The number of aldehydes is 1. The summed E-state index contributed by atoms with van der Waals surface area (Å²) in [5.41, 5.74) is 0.253. The van der Waals surface area contributed by atoms with Crippen molar-refractivity contribution in [2.24, 2.45) is 0 Å². The lowest BCUT2D eigenvalue weighted by Gasteiger charge is -2.13. The minimum Gasteiger partial charge on any atom is -0.489 e. The molecule has 0 bridgehead atoms. The van der Waals surface area contributed by atoms with E-state index in [0.717, 1.165) is 0 Å². The summed E-state index contributed by atoms with van der Waals surface area (Å²) in [6, 6.07) is 2.51. The van der Waals surface area contributed by atoms with Crippen molar-refractivity contribution in [2.45, 2.75) is 20.0 Å². The van der Waals surface area contributed by atoms with E-state index in [1.54, 1.807) is 0 Å². The molecule has 0 aliphatic heterocycles. The minimum absolute atomic E-state index is 0.0346. The van der Waals surface area contributed by atoms with Crippen molar-refractivity contribution >= 4 is 28.9 Å². The fourth-order valence-corrected chi connectivity index (χ4v) is 1.76. The maximum Gasteiger partial charge on any atom is 0.153 e. The molecular formula is C10H10FIO2. The van der Waals surface area contributed by atoms with E-state index in [2.05, 4.69) is 0 Å². The Kier molecular flexibility index (Phi) is 3.86. The molecule has 0 saturated heterocycles. The van der Waals surface area contributed by atoms with E-state index < -0.39 is 5.82 Å². The number of halogens is 2. The number of rotatable bonds is 3. The van der Waals surface area contributed by atoms with E-state index >= 15 is 0 Å². The molecule has 0 radical (unpaired) electrons. The molecule has 76 valence electrons. The van der Waals surface area contributed by atoms with Crippen LogP contribution < -0.4 is 4.74 Å². The Bertz CT molecular complexity index is 350. The summed E-state index contributed by atoms with van der Waals surface area (Å²) in [6.07, 6.45) is 0.566. The molecule has 0 N–H and O–H groups in total. The highest BCUT2D eigenvalue weighted by molar-refractivity contribution is 14.1. The number of hydrogen-bond donors (Lipinski definition) is 0. The predicted octanol–water partition coefficient (Wildman–Crippen LogP) is 3.03. The fraction of sp³-hybridized carbons (Fsp3) is 0.300. The second kappa shape index (κ2) is 4.72. The van der Waals surface area contributed by atoms with E-state index in [1.165, 1.54) is 12.1 Å². The van der Waals surface area contributed by atoms with E-state index in [0.29, 0.717) is 15.6 Å². The molecule has 1 rings (SSSR count). The van der Waals surface area contributed by atoms with Gasteiger partial charge < -0.3 is 4.74 Å². The van der Waals surface area contributed by atoms with Gasteiger partial charge in [-0.05, 0) is 48.6 Å². The molecule has 14 heavy (non-hydrogen) atoms. The zero-order valence-electron chi connectivity index (χ0n) is 7.88. The van der Waals surface area contributed by atoms with Gasteiger partial charge in [-0.3, -0.25) is 4.79 Å². The van der Waals surface area contributed by atoms with Gasteiger partial charge in [-0.1, -0.05) is 0 Å². The normalized spacial score (nSPS) is 10.4. The SMILES string of the molecule is CC(C)Oc1c(I)cc(F)cc1C=O. The third-order valence-electron chi connectivity index (χ3n) is 1.52. The summed E-state index contributed by atoms with van der Waals surface area (Å²) in [5.74, 6) is 0.0320. The van der Waals surface area contributed by atoms with Gasteiger partial charge in [0, 0.05) is 0 Å². The first-order valence-electron chi connectivity index (χ1n) is 4.15. The van der Waals surface area contributed by atoms with Crippen LogP contribution in [0.3, 0.4) is 0 Å². The van der Waals surface area contributed by atoms with Crippen LogP contribution in [0.2, 0.25) is 0 Å². The monoisotopic (exact) mass is 308 g/mol. The average Bonchev–Trinajstić information content (AvgIpc) is 2.08. The Hall–Kier alpha value is -0.650. The van der Waals surface area contributed by atoms with Gasteiger partial charge in [0.1, 0.15) is 11.6 Å². The largest absolute Gasteiger partial charge is 0.489 e. The quantitative estimate of drug-likeness (QED) is 0.634. The molecule has 2 nitrogen and oxygen atoms in total. The van der Waals surface area contributed by atoms with Crippen LogP contribution in [0.15, 0.2) is 12.1 Å². The standard InChI is InChI=1S/C10H10FIO2/c1-6(2)14-10-7(5-13)3-8(11)4-9(10)12/h3-6H,1-2H3. The Morgan fingerprint density at radius 2 is 2.14 bits per heavy atom. The van der Waals surface area contributed by atoms with Gasteiger partial charge >= 0.3 is 0 Å². The predicted molar refractivity (Wildman–Crippen MR) is 60.3 cm³/mol. The van der Waals surface area contributed by atoms with Crippen molar-refractivity contribution in [1.82, 2.24) is 0 Å². The maximum absolute atomic E-state index is 12.9. The Balaban J connectivity index is 3.18. The van der Waals surface area contributed by atoms with Gasteiger partial charge in [-0.25, -0.2) is 4.39 Å². The molecule has 1 aromatic carbocycles.